The van der Waals surface area contributed by atoms with Crippen LogP contribution in [0.2, 0.25) is 0 Å². The first kappa shape index (κ1) is 21.5. The Morgan fingerprint density at radius 2 is 1.73 bits per heavy atom. The molecule has 1 aromatic rings. The molecule has 0 fully saturated rings. The first-order valence-corrected chi connectivity index (χ1v) is 7.21. The maximum Gasteiger partial charge on any atom is 0.451 e. The molecule has 0 heterocycles. The number of halogens is 6. The van der Waals surface area contributed by atoms with E-state index in [1.54, 1.807) is 0 Å². The van der Waals surface area contributed by atoms with E-state index in [9.17, 15) is 26.3 Å². The fourth-order valence-electron chi connectivity index (χ4n) is 2.12. The summed E-state index contributed by atoms with van der Waals surface area (Å²) in [7, 11) is 0.949. The number of allylic oxidation sites excluding steroid dienone is 2. The van der Waals surface area contributed by atoms with Crippen molar-refractivity contribution in [2.24, 2.45) is 10.1 Å². The molecule has 0 saturated carbocycles. The molecule has 0 atom stereocenters. The van der Waals surface area contributed by atoms with Gasteiger partial charge >= 0.3 is 12.4 Å². The summed E-state index contributed by atoms with van der Waals surface area (Å²) >= 11 is 0. The predicted molar refractivity (Wildman–Crippen MR) is 89.0 cm³/mol. The van der Waals surface area contributed by atoms with Crippen molar-refractivity contribution in [3.05, 3.63) is 59.8 Å². The first-order valence-electron chi connectivity index (χ1n) is 7.21. The normalized spacial score (nSPS) is 13.6. The van der Waals surface area contributed by atoms with Crippen LogP contribution in [0.1, 0.15) is 23.6 Å². The van der Waals surface area contributed by atoms with Crippen LogP contribution < -0.4 is 0 Å². The zero-order chi connectivity index (χ0) is 20.3. The Hall–Kier alpha value is -2.58. The number of hydrogen-bond acceptors (Lipinski definition) is 2. The van der Waals surface area contributed by atoms with E-state index in [0.717, 1.165) is 25.3 Å². The lowest BCUT2D eigenvalue weighted by Crippen LogP contribution is -2.37. The first-order chi connectivity index (χ1) is 11.8. The van der Waals surface area contributed by atoms with Crippen molar-refractivity contribution in [1.82, 2.24) is 5.01 Å². The van der Waals surface area contributed by atoms with Crippen molar-refractivity contribution in [1.29, 1.82) is 0 Å². The lowest BCUT2D eigenvalue weighted by atomic mass is 10.0. The highest BCUT2D eigenvalue weighted by molar-refractivity contribution is 6.09. The minimum atomic E-state index is -4.79. The highest BCUT2D eigenvalue weighted by Crippen LogP contribution is 2.32. The Labute approximate surface area is 147 Å². The summed E-state index contributed by atoms with van der Waals surface area (Å²) in [6, 6.07) is 3.13. The average Bonchev–Trinajstić information content (AvgIpc) is 2.48. The molecule has 26 heavy (non-hydrogen) atoms. The Morgan fingerprint density at radius 3 is 2.08 bits per heavy atom. The zero-order valence-electron chi connectivity index (χ0n) is 14.3. The number of nitrogens with zero attached hydrogens (tertiary/aromatic N) is 3. The smallest absolute Gasteiger partial charge is 0.266 e. The van der Waals surface area contributed by atoms with Crippen molar-refractivity contribution in [2.75, 3.05) is 7.05 Å². The molecule has 0 N–H and O–H groups in total. The van der Waals surface area contributed by atoms with Gasteiger partial charge < -0.3 is 0 Å². The van der Waals surface area contributed by atoms with Gasteiger partial charge in [-0.3, -0.25) is 4.99 Å². The second-order valence-electron chi connectivity index (χ2n) is 5.31. The molecule has 3 nitrogen and oxygen atoms in total. The van der Waals surface area contributed by atoms with Gasteiger partial charge in [-0.15, -0.1) is 0 Å². The summed E-state index contributed by atoms with van der Waals surface area (Å²) in [5.74, 6) is -1.31. The standard InChI is InChI=1S/C17H17F6N3/c1-6-14(12-7-8-13(11(4)9-12)16(18,19)20)25-26(10(2)3)15(24-5)17(21,22)23/h6-9H,1-2H2,3-5H3/b24-15?,25-14+. The maximum absolute atomic E-state index is 13.1. The van der Waals surface area contributed by atoms with E-state index >= 15 is 0 Å². The molecule has 0 aromatic heterocycles. The fourth-order valence-corrected chi connectivity index (χ4v) is 2.12. The molecule has 142 valence electrons. The summed E-state index contributed by atoms with van der Waals surface area (Å²) in [6.45, 7) is 9.44. The van der Waals surface area contributed by atoms with Gasteiger partial charge in [0.2, 0.25) is 5.84 Å². The number of aliphatic imine (C=N–C) groups is 1. The number of alkyl halides is 6. The molecule has 0 aliphatic carbocycles. The zero-order valence-corrected chi connectivity index (χ0v) is 14.3. The Balaban J connectivity index is 3.46. The number of hydrogen-bond donors (Lipinski definition) is 0. The molecule has 0 aliphatic rings. The van der Waals surface area contributed by atoms with E-state index in [4.69, 9.17) is 0 Å². The monoisotopic (exact) mass is 377 g/mol. The second kappa shape index (κ2) is 7.76. The Morgan fingerprint density at radius 1 is 1.15 bits per heavy atom. The van der Waals surface area contributed by atoms with E-state index in [-0.39, 0.29) is 22.5 Å². The number of aryl methyl sites for hydroxylation is 1. The molecule has 9 heteroatoms. The second-order valence-corrected chi connectivity index (χ2v) is 5.31. The molecule has 0 amide bonds. The van der Waals surface area contributed by atoms with Gasteiger partial charge in [-0.05, 0) is 37.6 Å². The van der Waals surface area contributed by atoms with E-state index in [2.05, 4.69) is 23.3 Å². The summed E-state index contributed by atoms with van der Waals surface area (Å²) in [6.07, 6.45) is -8.18. The molecule has 0 radical (unpaired) electrons. The third kappa shape index (κ3) is 4.96. The summed E-state index contributed by atoms with van der Waals surface area (Å²) < 4.78 is 77.9. The number of benzene rings is 1. The summed E-state index contributed by atoms with van der Waals surface area (Å²) in [4.78, 5) is 3.19. The minimum absolute atomic E-state index is 0.0600. The van der Waals surface area contributed by atoms with E-state index in [0.29, 0.717) is 5.01 Å². The third-order valence-corrected chi connectivity index (χ3v) is 3.26. The van der Waals surface area contributed by atoms with E-state index < -0.39 is 23.8 Å². The molecule has 1 rings (SSSR count). The SMILES string of the molecule is C=C/C(=N\N(C(=C)C)C(=NC)C(F)(F)F)c1ccc(C(F)(F)F)c(C)c1. The van der Waals surface area contributed by atoms with Crippen molar-refractivity contribution >= 4 is 11.5 Å². The molecule has 0 bridgehead atoms. The Bertz CT molecular complexity index is 757. The number of hydrazone groups is 1. The van der Waals surface area contributed by atoms with Gasteiger partial charge in [-0.25, -0.2) is 5.01 Å². The van der Waals surface area contributed by atoms with Crippen LogP contribution in [0.4, 0.5) is 26.3 Å². The maximum atomic E-state index is 13.1. The molecule has 0 aliphatic heterocycles. The van der Waals surface area contributed by atoms with Crippen LogP contribution in [0, 0.1) is 6.92 Å². The predicted octanol–water partition coefficient (Wildman–Crippen LogP) is 5.33. The number of amidine groups is 1. The van der Waals surface area contributed by atoms with Crippen LogP contribution in [0.25, 0.3) is 0 Å². The van der Waals surface area contributed by atoms with E-state index in [1.807, 2.05) is 0 Å². The Kier molecular flexibility index (Phi) is 6.40. The van der Waals surface area contributed by atoms with Gasteiger partial charge in [0.25, 0.3) is 0 Å². The summed E-state index contributed by atoms with van der Waals surface area (Å²) in [5.41, 5.74) is -0.894. The highest BCUT2D eigenvalue weighted by atomic mass is 19.4. The van der Waals surface area contributed by atoms with Crippen LogP contribution in [0.15, 0.2) is 53.2 Å². The van der Waals surface area contributed by atoms with Crippen LogP contribution in [0.5, 0.6) is 0 Å². The van der Waals surface area contributed by atoms with Crippen LogP contribution >= 0.6 is 0 Å². The van der Waals surface area contributed by atoms with Crippen LogP contribution in [-0.4, -0.2) is 29.8 Å². The molecule has 0 unspecified atom stereocenters. The quantitative estimate of drug-likeness (QED) is 0.302. The van der Waals surface area contributed by atoms with Gasteiger partial charge in [0.05, 0.1) is 11.3 Å². The van der Waals surface area contributed by atoms with Crippen LogP contribution in [-0.2, 0) is 6.18 Å². The minimum Gasteiger partial charge on any atom is -0.266 e. The van der Waals surface area contributed by atoms with Crippen molar-refractivity contribution in [3.63, 3.8) is 0 Å². The van der Waals surface area contributed by atoms with Gasteiger partial charge in [-0.2, -0.15) is 31.4 Å². The highest BCUT2D eigenvalue weighted by Gasteiger charge is 2.40. The third-order valence-electron chi connectivity index (χ3n) is 3.26. The van der Waals surface area contributed by atoms with Crippen molar-refractivity contribution < 1.29 is 26.3 Å². The lowest BCUT2D eigenvalue weighted by molar-refractivity contribution is -0.138. The molecular formula is C17H17F6N3. The lowest BCUT2D eigenvalue weighted by Gasteiger charge is -2.23. The van der Waals surface area contributed by atoms with E-state index in [1.165, 1.54) is 19.9 Å². The fraction of sp³-hybridized carbons (Fsp3) is 0.294. The number of rotatable bonds is 4. The molecule has 1 aromatic carbocycles. The van der Waals surface area contributed by atoms with Gasteiger partial charge in [0.1, 0.15) is 0 Å². The largest absolute Gasteiger partial charge is 0.451 e. The molecular weight excluding hydrogens is 360 g/mol. The average molecular weight is 377 g/mol. The van der Waals surface area contributed by atoms with Gasteiger partial charge in [-0.1, -0.05) is 19.2 Å². The van der Waals surface area contributed by atoms with Crippen LogP contribution in [0.3, 0.4) is 0 Å². The van der Waals surface area contributed by atoms with Crippen molar-refractivity contribution in [3.8, 4) is 0 Å². The topological polar surface area (TPSA) is 28.0 Å². The van der Waals surface area contributed by atoms with Crippen molar-refractivity contribution in [2.45, 2.75) is 26.2 Å². The summed E-state index contributed by atoms with van der Waals surface area (Å²) in [5, 5.41) is 4.31. The van der Waals surface area contributed by atoms with Gasteiger partial charge in [0.15, 0.2) is 0 Å². The molecule has 0 saturated heterocycles. The molecule has 0 spiro atoms. The van der Waals surface area contributed by atoms with Gasteiger partial charge in [0, 0.05) is 18.3 Å².